The average molecular weight is 299 g/mol. The first-order valence-electron chi connectivity index (χ1n) is 6.46. The van der Waals surface area contributed by atoms with E-state index in [9.17, 15) is 4.79 Å². The van der Waals surface area contributed by atoms with E-state index in [1.54, 1.807) is 30.3 Å². The molecular weight excluding hydrogens is 284 g/mol. The first-order valence-corrected chi connectivity index (χ1v) is 6.84. The molecule has 0 atom stereocenters. The van der Waals surface area contributed by atoms with Gasteiger partial charge >= 0.3 is 0 Å². The molecule has 1 amide bonds. The second-order valence-corrected chi connectivity index (χ2v) is 4.93. The molecule has 0 aromatic heterocycles. The van der Waals surface area contributed by atoms with Crippen molar-refractivity contribution in [2.75, 3.05) is 11.9 Å². The minimum absolute atomic E-state index is 0.171. The summed E-state index contributed by atoms with van der Waals surface area (Å²) in [4.78, 5) is 12.1. The number of benzene rings is 2. The maximum Gasteiger partial charge on any atom is 0.255 e. The molecule has 3 N–H and O–H groups in total. The Balaban J connectivity index is 2.19. The summed E-state index contributed by atoms with van der Waals surface area (Å²) in [6, 6.07) is 12.5. The smallest absolute Gasteiger partial charge is 0.255 e. The molecule has 21 heavy (non-hydrogen) atoms. The molecule has 2 aromatic carbocycles. The van der Waals surface area contributed by atoms with Crippen LogP contribution in [0.15, 0.2) is 42.5 Å². The number of carbonyl (C=O) groups excluding carboxylic acids is 1. The third-order valence-corrected chi connectivity index (χ3v) is 3.19. The maximum atomic E-state index is 12.1. The summed E-state index contributed by atoms with van der Waals surface area (Å²) in [5.74, 6) is 5.45. The van der Waals surface area contributed by atoms with Crippen LogP contribution in [-0.4, -0.2) is 12.5 Å². The Morgan fingerprint density at radius 2 is 1.95 bits per heavy atom. The first kappa shape index (κ1) is 15.1. The lowest BCUT2D eigenvalue weighted by Gasteiger charge is -2.07. The fourth-order valence-electron chi connectivity index (χ4n) is 1.75. The van der Waals surface area contributed by atoms with Gasteiger partial charge in [0, 0.05) is 16.8 Å². The van der Waals surface area contributed by atoms with Crippen molar-refractivity contribution in [1.29, 1.82) is 0 Å². The van der Waals surface area contributed by atoms with Gasteiger partial charge in [-0.05, 0) is 37.3 Å². The topological polar surface area (TPSA) is 55.1 Å². The highest BCUT2D eigenvalue weighted by atomic mass is 35.5. The van der Waals surface area contributed by atoms with E-state index in [2.05, 4.69) is 17.2 Å². The van der Waals surface area contributed by atoms with Crippen molar-refractivity contribution in [2.45, 2.75) is 6.92 Å². The van der Waals surface area contributed by atoms with Crippen LogP contribution in [0.1, 0.15) is 21.5 Å². The number of anilines is 1. The van der Waals surface area contributed by atoms with Gasteiger partial charge in [0.05, 0.1) is 11.6 Å². The molecule has 0 aliphatic carbocycles. The maximum absolute atomic E-state index is 12.1. The molecule has 0 aliphatic rings. The van der Waals surface area contributed by atoms with Gasteiger partial charge in [-0.3, -0.25) is 4.79 Å². The largest absolute Gasteiger partial charge is 0.322 e. The Morgan fingerprint density at radius 3 is 2.62 bits per heavy atom. The summed E-state index contributed by atoms with van der Waals surface area (Å²) >= 11 is 6.05. The second kappa shape index (κ2) is 6.94. The second-order valence-electron chi connectivity index (χ2n) is 4.52. The number of amides is 1. The standard InChI is InChI=1S/C17H15ClN2O/c1-12-4-6-13(7-5-12)17(21)20-15-8-9-16(18)14(11-15)3-2-10-19/h4-9,11H,10,19H2,1H3,(H,20,21). The third kappa shape index (κ3) is 4.09. The summed E-state index contributed by atoms with van der Waals surface area (Å²) in [5, 5.41) is 3.36. The van der Waals surface area contributed by atoms with E-state index in [4.69, 9.17) is 17.3 Å². The molecule has 2 aromatic rings. The molecule has 0 aliphatic heterocycles. The molecule has 0 fully saturated rings. The van der Waals surface area contributed by atoms with Gasteiger partial charge < -0.3 is 11.1 Å². The number of nitrogens with one attached hydrogen (secondary N) is 1. The van der Waals surface area contributed by atoms with Crippen molar-refractivity contribution in [3.63, 3.8) is 0 Å². The normalized spacial score (nSPS) is 9.67. The van der Waals surface area contributed by atoms with Crippen molar-refractivity contribution >= 4 is 23.2 Å². The molecule has 0 spiro atoms. The van der Waals surface area contributed by atoms with Gasteiger partial charge in [-0.1, -0.05) is 41.1 Å². The fraction of sp³-hybridized carbons (Fsp3) is 0.118. The molecule has 0 radical (unpaired) electrons. The Bertz CT molecular complexity index is 712. The van der Waals surface area contributed by atoms with Gasteiger partial charge in [0.25, 0.3) is 5.91 Å². The summed E-state index contributed by atoms with van der Waals surface area (Å²) in [7, 11) is 0. The molecule has 0 saturated carbocycles. The van der Waals surface area contributed by atoms with Crippen LogP contribution in [0.4, 0.5) is 5.69 Å². The van der Waals surface area contributed by atoms with E-state index in [1.165, 1.54) is 0 Å². The molecule has 0 saturated heterocycles. The summed E-state index contributed by atoms with van der Waals surface area (Å²) in [6.45, 7) is 2.24. The van der Waals surface area contributed by atoms with Crippen LogP contribution in [-0.2, 0) is 0 Å². The summed E-state index contributed by atoms with van der Waals surface area (Å²) in [6.07, 6.45) is 0. The van der Waals surface area contributed by atoms with Gasteiger partial charge in [-0.15, -0.1) is 0 Å². The van der Waals surface area contributed by atoms with Crippen molar-refractivity contribution in [3.8, 4) is 11.8 Å². The molecule has 106 valence electrons. The molecule has 0 bridgehead atoms. The van der Waals surface area contributed by atoms with Crippen LogP contribution in [0.2, 0.25) is 5.02 Å². The van der Waals surface area contributed by atoms with Crippen LogP contribution in [0.3, 0.4) is 0 Å². The van der Waals surface area contributed by atoms with Gasteiger partial charge in [0.1, 0.15) is 0 Å². The number of halogens is 1. The highest BCUT2D eigenvalue weighted by molar-refractivity contribution is 6.31. The number of nitrogens with two attached hydrogens (primary N) is 1. The quantitative estimate of drug-likeness (QED) is 0.837. The first-order chi connectivity index (χ1) is 10.1. The van der Waals surface area contributed by atoms with Gasteiger partial charge in [0.2, 0.25) is 0 Å². The van der Waals surface area contributed by atoms with Crippen LogP contribution < -0.4 is 11.1 Å². The number of carbonyl (C=O) groups is 1. The minimum atomic E-state index is -0.171. The van der Waals surface area contributed by atoms with Crippen molar-refractivity contribution in [1.82, 2.24) is 0 Å². The molecular formula is C17H15ClN2O. The van der Waals surface area contributed by atoms with E-state index >= 15 is 0 Å². The zero-order valence-electron chi connectivity index (χ0n) is 11.6. The Labute approximate surface area is 129 Å². The van der Waals surface area contributed by atoms with Crippen LogP contribution in [0, 0.1) is 18.8 Å². The molecule has 4 heteroatoms. The lowest BCUT2D eigenvalue weighted by atomic mass is 10.1. The monoisotopic (exact) mass is 298 g/mol. The number of aryl methyl sites for hydroxylation is 1. The highest BCUT2D eigenvalue weighted by Gasteiger charge is 2.07. The van der Waals surface area contributed by atoms with E-state index in [0.29, 0.717) is 21.8 Å². The van der Waals surface area contributed by atoms with E-state index in [0.717, 1.165) is 5.56 Å². The number of rotatable bonds is 2. The SMILES string of the molecule is Cc1ccc(C(=O)Nc2ccc(Cl)c(C#CCN)c2)cc1. The number of hydrogen-bond donors (Lipinski definition) is 2. The Morgan fingerprint density at radius 1 is 1.24 bits per heavy atom. The summed E-state index contributed by atoms with van der Waals surface area (Å²) < 4.78 is 0. The minimum Gasteiger partial charge on any atom is -0.322 e. The van der Waals surface area contributed by atoms with Gasteiger partial charge in [-0.25, -0.2) is 0 Å². The lowest BCUT2D eigenvalue weighted by molar-refractivity contribution is 0.102. The van der Waals surface area contributed by atoms with Crippen LogP contribution in [0.5, 0.6) is 0 Å². The molecule has 3 nitrogen and oxygen atoms in total. The Hall–Kier alpha value is -2.28. The summed E-state index contributed by atoms with van der Waals surface area (Å²) in [5.41, 5.74) is 8.34. The zero-order valence-corrected chi connectivity index (χ0v) is 12.4. The van der Waals surface area contributed by atoms with E-state index in [-0.39, 0.29) is 12.5 Å². The van der Waals surface area contributed by atoms with Crippen molar-refractivity contribution in [3.05, 3.63) is 64.2 Å². The van der Waals surface area contributed by atoms with Crippen molar-refractivity contribution in [2.24, 2.45) is 5.73 Å². The third-order valence-electron chi connectivity index (χ3n) is 2.86. The van der Waals surface area contributed by atoms with Crippen LogP contribution in [0.25, 0.3) is 0 Å². The molecule has 0 heterocycles. The average Bonchev–Trinajstić information content (AvgIpc) is 2.48. The highest BCUT2D eigenvalue weighted by Crippen LogP contribution is 2.20. The molecule has 0 unspecified atom stereocenters. The van der Waals surface area contributed by atoms with Crippen LogP contribution >= 0.6 is 11.6 Å². The molecule has 2 rings (SSSR count). The number of hydrogen-bond acceptors (Lipinski definition) is 2. The predicted octanol–water partition coefficient (Wildman–Crippen LogP) is 3.21. The lowest BCUT2D eigenvalue weighted by Crippen LogP contribution is -2.11. The van der Waals surface area contributed by atoms with E-state index in [1.807, 2.05) is 19.1 Å². The zero-order chi connectivity index (χ0) is 15.2. The van der Waals surface area contributed by atoms with E-state index < -0.39 is 0 Å². The predicted molar refractivity (Wildman–Crippen MR) is 86.5 cm³/mol. The fourth-order valence-corrected chi connectivity index (χ4v) is 1.92. The van der Waals surface area contributed by atoms with Crippen molar-refractivity contribution < 1.29 is 4.79 Å². The Kier molecular flexibility index (Phi) is 4.99. The van der Waals surface area contributed by atoms with Gasteiger partial charge in [-0.2, -0.15) is 0 Å². The van der Waals surface area contributed by atoms with Gasteiger partial charge in [0.15, 0.2) is 0 Å².